The molecule has 0 amide bonds. The second kappa shape index (κ2) is 6.17. The smallest absolute Gasteiger partial charge is 0.356 e. The maximum atomic E-state index is 13.3. The van der Waals surface area contributed by atoms with Crippen LogP contribution in [0, 0.1) is 5.82 Å². The summed E-state index contributed by atoms with van der Waals surface area (Å²) in [6.07, 6.45) is 1.62. The van der Waals surface area contributed by atoms with Gasteiger partial charge < -0.3 is 9.84 Å². The van der Waals surface area contributed by atoms with Gasteiger partial charge in [0.25, 0.3) is 0 Å². The summed E-state index contributed by atoms with van der Waals surface area (Å²) >= 11 is 0. The number of unbranched alkanes of at least 4 members (excludes halogenated alkanes) is 1. The van der Waals surface area contributed by atoms with Crippen LogP contribution in [0.3, 0.4) is 0 Å². The van der Waals surface area contributed by atoms with Crippen LogP contribution in [0.15, 0.2) is 12.1 Å². The highest BCUT2D eigenvalue weighted by Crippen LogP contribution is 2.10. The number of carbonyl (C=O) groups excluding carboxylic acids is 1. The third-order valence-electron chi connectivity index (χ3n) is 2.13. The van der Waals surface area contributed by atoms with Crippen LogP contribution in [0.1, 0.15) is 29.0 Å². The molecule has 1 heterocycles. The molecule has 88 valence electrons. The molecule has 0 fully saturated rings. The highest BCUT2D eigenvalue weighted by Gasteiger charge is 2.11. The van der Waals surface area contributed by atoms with E-state index in [1.165, 1.54) is 19.2 Å². The first-order valence-electron chi connectivity index (χ1n) is 5.03. The van der Waals surface area contributed by atoms with Gasteiger partial charge in [-0.05, 0) is 31.4 Å². The van der Waals surface area contributed by atoms with E-state index in [0.29, 0.717) is 19.3 Å². The van der Waals surface area contributed by atoms with E-state index in [2.05, 4.69) is 9.72 Å². The number of aryl methyl sites for hydroxylation is 1. The number of aliphatic hydroxyl groups excluding tert-OH is 1. The van der Waals surface area contributed by atoms with Crippen LogP contribution in [0.25, 0.3) is 0 Å². The Morgan fingerprint density at radius 3 is 2.88 bits per heavy atom. The average molecular weight is 227 g/mol. The summed E-state index contributed by atoms with van der Waals surface area (Å²) in [6.45, 7) is 0.0678. The predicted octanol–water partition coefficient (Wildman–Crippen LogP) is 1.32. The normalized spacial score (nSPS) is 10.2. The number of hydrogen-bond donors (Lipinski definition) is 1. The molecule has 0 saturated carbocycles. The minimum absolute atomic E-state index is 0.0678. The lowest BCUT2D eigenvalue weighted by atomic mass is 10.1. The number of methoxy groups -OCH3 is 1. The van der Waals surface area contributed by atoms with E-state index < -0.39 is 11.8 Å². The Morgan fingerprint density at radius 1 is 1.50 bits per heavy atom. The first-order chi connectivity index (χ1) is 7.69. The molecule has 0 aliphatic carbocycles. The number of aromatic nitrogens is 1. The van der Waals surface area contributed by atoms with Crippen molar-refractivity contribution >= 4 is 5.97 Å². The molecule has 0 unspecified atom stereocenters. The minimum atomic E-state index is -0.580. The molecule has 1 N–H and O–H groups in total. The summed E-state index contributed by atoms with van der Waals surface area (Å²) in [4.78, 5) is 15.0. The molecule has 0 spiro atoms. The fourth-order valence-electron chi connectivity index (χ4n) is 1.28. The molecule has 0 radical (unpaired) electrons. The molecule has 0 aliphatic rings. The van der Waals surface area contributed by atoms with E-state index in [1.807, 2.05) is 0 Å². The number of pyridine rings is 1. The SMILES string of the molecule is COC(=O)c1ccc(F)c(CCCCO)n1. The summed E-state index contributed by atoms with van der Waals surface area (Å²) in [5, 5.41) is 8.61. The molecule has 0 aliphatic heterocycles. The Balaban J connectivity index is 2.78. The lowest BCUT2D eigenvalue weighted by molar-refractivity contribution is 0.0593. The molecule has 0 aromatic carbocycles. The van der Waals surface area contributed by atoms with Gasteiger partial charge in [-0.3, -0.25) is 0 Å². The quantitative estimate of drug-likeness (QED) is 0.609. The Hall–Kier alpha value is -1.49. The van der Waals surface area contributed by atoms with Crippen LogP contribution in [-0.2, 0) is 11.2 Å². The van der Waals surface area contributed by atoms with E-state index in [1.54, 1.807) is 0 Å². The topological polar surface area (TPSA) is 59.4 Å². The largest absolute Gasteiger partial charge is 0.464 e. The van der Waals surface area contributed by atoms with Crippen molar-refractivity contribution in [3.05, 3.63) is 29.3 Å². The molecular formula is C11H14FNO3. The number of nitrogens with zero attached hydrogens (tertiary/aromatic N) is 1. The molecule has 4 nitrogen and oxygen atoms in total. The number of rotatable bonds is 5. The summed E-state index contributed by atoms with van der Waals surface area (Å²) in [5.41, 5.74) is 0.333. The maximum Gasteiger partial charge on any atom is 0.356 e. The molecule has 5 heteroatoms. The lowest BCUT2D eigenvalue weighted by Gasteiger charge is -2.04. The van der Waals surface area contributed by atoms with Crippen molar-refractivity contribution in [1.82, 2.24) is 4.98 Å². The van der Waals surface area contributed by atoms with Gasteiger partial charge in [-0.1, -0.05) is 0 Å². The second-order valence-corrected chi connectivity index (χ2v) is 3.30. The van der Waals surface area contributed by atoms with Gasteiger partial charge in [0, 0.05) is 6.61 Å². The fraction of sp³-hybridized carbons (Fsp3) is 0.455. The van der Waals surface area contributed by atoms with Gasteiger partial charge in [0.15, 0.2) is 0 Å². The van der Waals surface area contributed by atoms with Gasteiger partial charge in [-0.15, -0.1) is 0 Å². The predicted molar refractivity (Wildman–Crippen MR) is 55.6 cm³/mol. The summed E-state index contributed by atoms with van der Waals surface area (Å²) in [6, 6.07) is 2.49. The third-order valence-corrected chi connectivity index (χ3v) is 2.13. The minimum Gasteiger partial charge on any atom is -0.464 e. The number of ether oxygens (including phenoxy) is 1. The number of carbonyl (C=O) groups is 1. The molecule has 0 atom stereocenters. The fourth-order valence-corrected chi connectivity index (χ4v) is 1.28. The van der Waals surface area contributed by atoms with Crippen LogP contribution in [-0.4, -0.2) is 29.8 Å². The Labute approximate surface area is 93.1 Å². The Bertz CT molecular complexity index is 368. The number of hydrogen-bond acceptors (Lipinski definition) is 4. The van der Waals surface area contributed by atoms with E-state index in [-0.39, 0.29) is 18.0 Å². The number of halogens is 1. The standard InChI is InChI=1S/C11H14FNO3/c1-16-11(15)10-6-5-8(12)9(13-10)4-2-3-7-14/h5-6,14H,2-4,7H2,1H3. The van der Waals surface area contributed by atoms with E-state index in [4.69, 9.17) is 5.11 Å². The van der Waals surface area contributed by atoms with Gasteiger partial charge in [-0.2, -0.15) is 0 Å². The Kier molecular flexibility index (Phi) is 4.85. The zero-order valence-corrected chi connectivity index (χ0v) is 9.07. The van der Waals surface area contributed by atoms with E-state index >= 15 is 0 Å². The molecule has 1 aromatic rings. The molecule has 0 saturated heterocycles. The summed E-state index contributed by atoms with van der Waals surface area (Å²) in [5.74, 6) is -1.02. The monoisotopic (exact) mass is 227 g/mol. The zero-order valence-electron chi connectivity index (χ0n) is 9.07. The van der Waals surface area contributed by atoms with Gasteiger partial charge in [-0.25, -0.2) is 14.2 Å². The first kappa shape index (κ1) is 12.6. The highest BCUT2D eigenvalue weighted by atomic mass is 19.1. The third kappa shape index (κ3) is 3.27. The molecule has 1 rings (SSSR count). The van der Waals surface area contributed by atoms with Crippen LogP contribution < -0.4 is 0 Å². The molecule has 16 heavy (non-hydrogen) atoms. The lowest BCUT2D eigenvalue weighted by Crippen LogP contribution is -2.07. The van der Waals surface area contributed by atoms with Crippen molar-refractivity contribution in [3.8, 4) is 0 Å². The van der Waals surface area contributed by atoms with Crippen LogP contribution in [0.2, 0.25) is 0 Å². The van der Waals surface area contributed by atoms with Crippen molar-refractivity contribution in [2.24, 2.45) is 0 Å². The van der Waals surface area contributed by atoms with Crippen molar-refractivity contribution in [2.45, 2.75) is 19.3 Å². The van der Waals surface area contributed by atoms with Crippen LogP contribution in [0.4, 0.5) is 4.39 Å². The van der Waals surface area contributed by atoms with Crippen LogP contribution in [0.5, 0.6) is 0 Å². The van der Waals surface area contributed by atoms with Gasteiger partial charge in [0.2, 0.25) is 0 Å². The van der Waals surface area contributed by atoms with Gasteiger partial charge in [0.05, 0.1) is 12.8 Å². The van der Waals surface area contributed by atoms with Crippen LogP contribution >= 0.6 is 0 Å². The first-order valence-corrected chi connectivity index (χ1v) is 5.03. The van der Waals surface area contributed by atoms with Gasteiger partial charge >= 0.3 is 5.97 Å². The second-order valence-electron chi connectivity index (χ2n) is 3.30. The van der Waals surface area contributed by atoms with Crippen molar-refractivity contribution in [2.75, 3.05) is 13.7 Å². The average Bonchev–Trinajstić information content (AvgIpc) is 2.31. The van der Waals surface area contributed by atoms with Crippen molar-refractivity contribution in [3.63, 3.8) is 0 Å². The molecule has 0 bridgehead atoms. The number of aliphatic hydroxyl groups is 1. The molecular weight excluding hydrogens is 213 g/mol. The summed E-state index contributed by atoms with van der Waals surface area (Å²) in [7, 11) is 1.25. The summed E-state index contributed by atoms with van der Waals surface area (Å²) < 4.78 is 17.8. The Morgan fingerprint density at radius 2 is 2.25 bits per heavy atom. The van der Waals surface area contributed by atoms with E-state index in [0.717, 1.165) is 0 Å². The highest BCUT2D eigenvalue weighted by molar-refractivity contribution is 5.87. The maximum absolute atomic E-state index is 13.3. The van der Waals surface area contributed by atoms with Crippen molar-refractivity contribution < 1.29 is 19.0 Å². The van der Waals surface area contributed by atoms with Crippen molar-refractivity contribution in [1.29, 1.82) is 0 Å². The van der Waals surface area contributed by atoms with E-state index in [9.17, 15) is 9.18 Å². The number of esters is 1. The molecule has 1 aromatic heterocycles. The zero-order chi connectivity index (χ0) is 12.0. The van der Waals surface area contributed by atoms with Gasteiger partial charge in [0.1, 0.15) is 11.5 Å².